The Balaban J connectivity index is 1.63. The number of nitrogens with zero attached hydrogens (tertiary/aromatic N) is 2. The number of carbonyl (C=O) groups excluding carboxylic acids is 1. The van der Waals surface area contributed by atoms with Gasteiger partial charge in [0, 0.05) is 27.4 Å². The van der Waals surface area contributed by atoms with Crippen LogP contribution in [0, 0.1) is 15.3 Å². The summed E-state index contributed by atoms with van der Waals surface area (Å²) in [6.45, 7) is 2.10. The van der Waals surface area contributed by atoms with Gasteiger partial charge in [-0.25, -0.2) is 9.18 Å². The molecule has 4 rings (SSSR count). The number of nitrogens with one attached hydrogen (secondary N) is 2. The number of carbonyl (C=O) groups is 2. The van der Waals surface area contributed by atoms with E-state index in [9.17, 15) is 14.0 Å². The van der Waals surface area contributed by atoms with Gasteiger partial charge in [-0.3, -0.25) is 14.8 Å². The van der Waals surface area contributed by atoms with Gasteiger partial charge in [0.15, 0.2) is 0 Å². The Hall–Kier alpha value is -2.82. The minimum absolute atomic E-state index is 0.0681. The Bertz CT molecular complexity index is 1190. The second kappa shape index (κ2) is 9.35. The SMILES string of the molecule is C[C@@H]1CC(NC(=O)O)C[C@H](c2ccncc2NC(=O)c2ccc(F)c3cc(I)cnc23)C1. The summed E-state index contributed by atoms with van der Waals surface area (Å²) in [5.41, 5.74) is 2.04. The van der Waals surface area contributed by atoms with Crippen molar-refractivity contribution in [3.63, 3.8) is 0 Å². The molecule has 2 aromatic heterocycles. The summed E-state index contributed by atoms with van der Waals surface area (Å²) in [4.78, 5) is 32.7. The van der Waals surface area contributed by atoms with Gasteiger partial charge in [0.05, 0.1) is 23.0 Å². The zero-order valence-corrected chi connectivity index (χ0v) is 19.5. The van der Waals surface area contributed by atoms with Crippen LogP contribution in [0.2, 0.25) is 0 Å². The number of hydrogen-bond donors (Lipinski definition) is 3. The third-order valence-corrected chi connectivity index (χ3v) is 6.41. The Morgan fingerprint density at radius 2 is 2.00 bits per heavy atom. The monoisotopic (exact) mass is 548 g/mol. The highest BCUT2D eigenvalue weighted by molar-refractivity contribution is 14.1. The Kier molecular flexibility index (Phi) is 6.54. The molecule has 2 amide bonds. The van der Waals surface area contributed by atoms with Crippen molar-refractivity contribution in [3.8, 4) is 0 Å². The van der Waals surface area contributed by atoms with Crippen LogP contribution in [-0.2, 0) is 0 Å². The van der Waals surface area contributed by atoms with Crippen molar-refractivity contribution in [3.05, 3.63) is 63.4 Å². The van der Waals surface area contributed by atoms with Crippen molar-refractivity contribution in [1.29, 1.82) is 0 Å². The molecule has 32 heavy (non-hydrogen) atoms. The van der Waals surface area contributed by atoms with Crippen LogP contribution in [0.3, 0.4) is 0 Å². The molecule has 3 N–H and O–H groups in total. The highest BCUT2D eigenvalue weighted by Gasteiger charge is 2.30. The van der Waals surface area contributed by atoms with Crippen LogP contribution in [0.25, 0.3) is 10.9 Å². The number of amides is 2. The predicted octanol–water partition coefficient (Wildman–Crippen LogP) is 5.17. The van der Waals surface area contributed by atoms with Crippen molar-refractivity contribution in [2.75, 3.05) is 5.32 Å². The lowest BCUT2D eigenvalue weighted by molar-refractivity contribution is 0.102. The lowest BCUT2D eigenvalue weighted by atomic mass is 9.76. The fourth-order valence-corrected chi connectivity index (χ4v) is 5.00. The van der Waals surface area contributed by atoms with Gasteiger partial charge >= 0.3 is 6.09 Å². The first-order chi connectivity index (χ1) is 15.3. The number of benzene rings is 1. The lowest BCUT2D eigenvalue weighted by Gasteiger charge is -2.34. The number of fused-ring (bicyclic) bond motifs is 1. The molecule has 3 aromatic rings. The molecular formula is C23H22FIN4O3. The van der Waals surface area contributed by atoms with Crippen LogP contribution in [-0.4, -0.2) is 33.1 Å². The Morgan fingerprint density at radius 1 is 1.19 bits per heavy atom. The minimum Gasteiger partial charge on any atom is -0.465 e. The van der Waals surface area contributed by atoms with E-state index in [1.54, 1.807) is 24.7 Å². The lowest BCUT2D eigenvalue weighted by Crippen LogP contribution is -2.39. The third kappa shape index (κ3) is 4.82. The van der Waals surface area contributed by atoms with Crippen LogP contribution >= 0.6 is 22.6 Å². The molecule has 7 nitrogen and oxygen atoms in total. The summed E-state index contributed by atoms with van der Waals surface area (Å²) in [5.74, 6) is -0.437. The van der Waals surface area contributed by atoms with Gasteiger partial charge in [-0.1, -0.05) is 6.92 Å². The van der Waals surface area contributed by atoms with Gasteiger partial charge in [-0.15, -0.1) is 0 Å². The molecule has 3 atom stereocenters. The normalized spacial score (nSPS) is 20.7. The highest BCUT2D eigenvalue weighted by Crippen LogP contribution is 2.39. The van der Waals surface area contributed by atoms with E-state index in [4.69, 9.17) is 5.11 Å². The molecule has 9 heteroatoms. The second-order valence-electron chi connectivity index (χ2n) is 8.22. The van der Waals surface area contributed by atoms with Crippen LogP contribution in [0.15, 0.2) is 42.9 Å². The van der Waals surface area contributed by atoms with Gasteiger partial charge in [-0.2, -0.15) is 0 Å². The van der Waals surface area contributed by atoms with Crippen LogP contribution in [0.5, 0.6) is 0 Å². The molecular weight excluding hydrogens is 526 g/mol. The van der Waals surface area contributed by atoms with Crippen molar-refractivity contribution >= 4 is 51.2 Å². The van der Waals surface area contributed by atoms with E-state index in [1.807, 2.05) is 6.07 Å². The smallest absolute Gasteiger partial charge is 0.404 e. The maximum absolute atomic E-state index is 14.3. The first-order valence-corrected chi connectivity index (χ1v) is 11.4. The molecule has 0 bridgehead atoms. The molecule has 0 aliphatic heterocycles. The Labute approximate surface area is 198 Å². The fourth-order valence-electron chi connectivity index (χ4n) is 4.55. The van der Waals surface area contributed by atoms with Crippen molar-refractivity contribution < 1.29 is 19.1 Å². The first kappa shape index (κ1) is 22.4. The van der Waals surface area contributed by atoms with Gasteiger partial charge in [0.1, 0.15) is 5.82 Å². The topological polar surface area (TPSA) is 104 Å². The summed E-state index contributed by atoms with van der Waals surface area (Å²) in [6.07, 6.45) is 6.12. The van der Waals surface area contributed by atoms with Crippen molar-refractivity contribution in [2.45, 2.75) is 38.1 Å². The van der Waals surface area contributed by atoms with Gasteiger partial charge in [0.2, 0.25) is 0 Å². The van der Waals surface area contributed by atoms with E-state index in [1.165, 1.54) is 12.1 Å². The molecule has 1 aliphatic carbocycles. The molecule has 0 spiro atoms. The van der Waals surface area contributed by atoms with E-state index in [0.717, 1.165) is 22.0 Å². The van der Waals surface area contributed by atoms with E-state index in [2.05, 4.69) is 50.1 Å². The number of halogens is 2. The molecule has 0 radical (unpaired) electrons. The second-order valence-corrected chi connectivity index (χ2v) is 9.46. The number of carboxylic acid groups (broad SMARTS) is 1. The molecule has 1 saturated carbocycles. The quantitative estimate of drug-likeness (QED) is 0.391. The van der Waals surface area contributed by atoms with Crippen LogP contribution in [0.4, 0.5) is 14.9 Å². The fraction of sp³-hybridized carbons (Fsp3) is 0.304. The van der Waals surface area contributed by atoms with Crippen LogP contribution < -0.4 is 10.6 Å². The van der Waals surface area contributed by atoms with Gasteiger partial charge in [-0.05, 0) is 83.5 Å². The number of hydrogen-bond acceptors (Lipinski definition) is 4. The zero-order chi connectivity index (χ0) is 22.8. The number of pyridine rings is 2. The standard InChI is InChI=1S/C23H22FIN4O3/c1-12-6-13(8-15(7-12)28-23(31)32)16-4-5-26-11-20(16)29-22(30)17-2-3-19(24)18-9-14(25)10-27-21(17)18/h2-5,9-13,15,28H,6-8H2,1H3,(H,29,30)(H,31,32)/t12-,13+,15?/m0/s1. The molecule has 1 aromatic carbocycles. The van der Waals surface area contributed by atoms with Crippen molar-refractivity contribution in [1.82, 2.24) is 15.3 Å². The Morgan fingerprint density at radius 3 is 2.78 bits per heavy atom. The molecule has 1 aliphatic rings. The van der Waals surface area contributed by atoms with Crippen LogP contribution in [0.1, 0.15) is 48.0 Å². The average molecular weight is 548 g/mol. The van der Waals surface area contributed by atoms with E-state index >= 15 is 0 Å². The predicted molar refractivity (Wildman–Crippen MR) is 127 cm³/mol. The van der Waals surface area contributed by atoms with Crippen molar-refractivity contribution in [2.24, 2.45) is 5.92 Å². The molecule has 2 heterocycles. The minimum atomic E-state index is -1.03. The van der Waals surface area contributed by atoms with E-state index in [-0.39, 0.29) is 17.5 Å². The summed E-state index contributed by atoms with van der Waals surface area (Å²) >= 11 is 2.05. The molecule has 0 saturated heterocycles. The molecule has 1 unspecified atom stereocenters. The maximum atomic E-state index is 14.3. The summed E-state index contributed by atoms with van der Waals surface area (Å²) in [7, 11) is 0. The summed E-state index contributed by atoms with van der Waals surface area (Å²) in [5, 5.41) is 14.9. The van der Waals surface area contributed by atoms with Gasteiger partial charge < -0.3 is 15.7 Å². The molecule has 1 fully saturated rings. The first-order valence-electron chi connectivity index (χ1n) is 10.3. The third-order valence-electron chi connectivity index (χ3n) is 5.82. The summed E-state index contributed by atoms with van der Waals surface area (Å²) in [6, 6.07) is 6.07. The largest absolute Gasteiger partial charge is 0.465 e. The number of rotatable bonds is 4. The van der Waals surface area contributed by atoms with E-state index < -0.39 is 17.8 Å². The highest BCUT2D eigenvalue weighted by atomic mass is 127. The maximum Gasteiger partial charge on any atom is 0.404 e. The number of anilines is 1. The zero-order valence-electron chi connectivity index (χ0n) is 17.3. The number of aromatic nitrogens is 2. The van der Waals surface area contributed by atoms with E-state index in [0.29, 0.717) is 28.9 Å². The average Bonchev–Trinajstić information content (AvgIpc) is 2.73. The summed E-state index contributed by atoms with van der Waals surface area (Å²) < 4.78 is 15.0. The van der Waals surface area contributed by atoms with Gasteiger partial charge in [0.25, 0.3) is 5.91 Å². The molecule has 166 valence electrons.